The highest BCUT2D eigenvalue weighted by molar-refractivity contribution is 5.32. The molecule has 2 heteroatoms. The van der Waals surface area contributed by atoms with Crippen LogP contribution in [0.3, 0.4) is 0 Å². The molecule has 1 atom stereocenters. The first-order valence-corrected chi connectivity index (χ1v) is 6.51. The Bertz CT molecular complexity index is 540. The Morgan fingerprint density at radius 2 is 1.68 bits per heavy atom. The lowest BCUT2D eigenvalue weighted by molar-refractivity contribution is 0.164. The summed E-state index contributed by atoms with van der Waals surface area (Å²) in [6.07, 6.45) is 2.22. The molecule has 2 aromatic rings. The molecule has 0 saturated carbocycles. The van der Waals surface area contributed by atoms with Gasteiger partial charge in [-0.3, -0.25) is 0 Å². The Kier molecular flexibility index (Phi) is 4.72. The average Bonchev–Trinajstić information content (AvgIpc) is 2.48. The van der Waals surface area contributed by atoms with Crippen LogP contribution in [0.25, 0.3) is 0 Å². The summed E-state index contributed by atoms with van der Waals surface area (Å²) in [5, 5.41) is 18.8. The fourth-order valence-corrected chi connectivity index (χ4v) is 2.09. The van der Waals surface area contributed by atoms with Crippen molar-refractivity contribution < 1.29 is 5.11 Å². The van der Waals surface area contributed by atoms with Gasteiger partial charge in [-0.15, -0.1) is 0 Å². The van der Waals surface area contributed by atoms with E-state index in [0.717, 1.165) is 24.8 Å². The molecule has 0 bridgehead atoms. The third-order valence-corrected chi connectivity index (χ3v) is 3.21. The molecule has 1 unspecified atom stereocenters. The summed E-state index contributed by atoms with van der Waals surface area (Å²) in [7, 11) is 0. The van der Waals surface area contributed by atoms with Crippen molar-refractivity contribution in [2.75, 3.05) is 0 Å². The standard InChI is InChI=1S/C17H17NO/c18-13-15-9-11-16(12-10-15)17(19)8-4-7-14-5-2-1-3-6-14/h1-3,5-6,9-12,17,19H,4,7-8H2. The van der Waals surface area contributed by atoms with E-state index in [0.29, 0.717) is 5.56 Å². The van der Waals surface area contributed by atoms with Crippen LogP contribution < -0.4 is 0 Å². The van der Waals surface area contributed by atoms with Crippen LogP contribution in [0.15, 0.2) is 54.6 Å². The van der Waals surface area contributed by atoms with Gasteiger partial charge in [0.05, 0.1) is 17.7 Å². The van der Waals surface area contributed by atoms with Crippen molar-refractivity contribution in [3.05, 3.63) is 71.3 Å². The molecule has 0 amide bonds. The fourth-order valence-electron chi connectivity index (χ4n) is 2.09. The van der Waals surface area contributed by atoms with Crippen LogP contribution in [0.4, 0.5) is 0 Å². The van der Waals surface area contributed by atoms with E-state index in [-0.39, 0.29) is 0 Å². The van der Waals surface area contributed by atoms with Gasteiger partial charge in [0.25, 0.3) is 0 Å². The molecular weight excluding hydrogens is 234 g/mol. The molecule has 1 N–H and O–H groups in total. The van der Waals surface area contributed by atoms with Gasteiger partial charge < -0.3 is 5.11 Å². The van der Waals surface area contributed by atoms with E-state index in [1.54, 1.807) is 12.1 Å². The zero-order valence-electron chi connectivity index (χ0n) is 10.8. The smallest absolute Gasteiger partial charge is 0.0991 e. The zero-order chi connectivity index (χ0) is 13.5. The molecular formula is C17H17NO. The third kappa shape index (κ3) is 3.94. The average molecular weight is 251 g/mol. The number of nitriles is 1. The SMILES string of the molecule is N#Cc1ccc(C(O)CCCc2ccccc2)cc1. The molecule has 96 valence electrons. The van der Waals surface area contributed by atoms with Gasteiger partial charge in [0.15, 0.2) is 0 Å². The van der Waals surface area contributed by atoms with Crippen molar-refractivity contribution in [3.63, 3.8) is 0 Å². The van der Waals surface area contributed by atoms with E-state index < -0.39 is 6.10 Å². The molecule has 0 radical (unpaired) electrons. The van der Waals surface area contributed by atoms with E-state index in [1.807, 2.05) is 30.3 Å². The molecule has 2 rings (SSSR count). The number of hydrogen-bond donors (Lipinski definition) is 1. The quantitative estimate of drug-likeness (QED) is 0.882. The number of hydrogen-bond acceptors (Lipinski definition) is 2. The highest BCUT2D eigenvalue weighted by atomic mass is 16.3. The molecule has 0 aliphatic carbocycles. The van der Waals surface area contributed by atoms with Crippen molar-refractivity contribution in [2.45, 2.75) is 25.4 Å². The minimum atomic E-state index is -0.448. The predicted octanol–water partition coefficient (Wildman–Crippen LogP) is 3.61. The summed E-state index contributed by atoms with van der Waals surface area (Å²) < 4.78 is 0. The van der Waals surface area contributed by atoms with Crippen molar-refractivity contribution in [2.24, 2.45) is 0 Å². The second-order valence-corrected chi connectivity index (χ2v) is 4.63. The highest BCUT2D eigenvalue weighted by Crippen LogP contribution is 2.19. The van der Waals surface area contributed by atoms with Crippen molar-refractivity contribution >= 4 is 0 Å². The molecule has 0 fully saturated rings. The summed E-state index contributed by atoms with van der Waals surface area (Å²) in [5.41, 5.74) is 2.81. The molecule has 2 nitrogen and oxygen atoms in total. The van der Waals surface area contributed by atoms with Gasteiger partial charge >= 0.3 is 0 Å². The number of aliphatic hydroxyl groups is 1. The van der Waals surface area contributed by atoms with Crippen LogP contribution in [0.2, 0.25) is 0 Å². The Labute approximate surface area is 114 Å². The third-order valence-electron chi connectivity index (χ3n) is 3.21. The van der Waals surface area contributed by atoms with Gasteiger partial charge in [-0.1, -0.05) is 42.5 Å². The predicted molar refractivity (Wildman–Crippen MR) is 75.5 cm³/mol. The van der Waals surface area contributed by atoms with E-state index in [1.165, 1.54) is 5.56 Å². The van der Waals surface area contributed by atoms with Gasteiger partial charge in [0, 0.05) is 0 Å². The maximum absolute atomic E-state index is 10.1. The zero-order valence-corrected chi connectivity index (χ0v) is 10.8. The van der Waals surface area contributed by atoms with Gasteiger partial charge in [-0.05, 0) is 42.5 Å². The largest absolute Gasteiger partial charge is 0.388 e. The molecule has 0 saturated heterocycles. The summed E-state index contributed by atoms with van der Waals surface area (Å²) in [6, 6.07) is 19.5. The highest BCUT2D eigenvalue weighted by Gasteiger charge is 2.07. The Balaban J connectivity index is 1.84. The number of aryl methyl sites for hydroxylation is 1. The van der Waals surface area contributed by atoms with Crippen LogP contribution >= 0.6 is 0 Å². The minimum Gasteiger partial charge on any atom is -0.388 e. The second kappa shape index (κ2) is 6.72. The Morgan fingerprint density at radius 1 is 1.00 bits per heavy atom. The van der Waals surface area contributed by atoms with Crippen LogP contribution in [-0.4, -0.2) is 5.11 Å². The first-order chi connectivity index (χ1) is 9.29. The van der Waals surface area contributed by atoms with Crippen molar-refractivity contribution in [1.82, 2.24) is 0 Å². The lowest BCUT2D eigenvalue weighted by Crippen LogP contribution is -1.98. The summed E-state index contributed by atoms with van der Waals surface area (Å²) >= 11 is 0. The topological polar surface area (TPSA) is 44.0 Å². The molecule has 2 aromatic carbocycles. The molecule has 0 aromatic heterocycles. The van der Waals surface area contributed by atoms with Crippen LogP contribution in [0.1, 0.15) is 35.6 Å². The van der Waals surface area contributed by atoms with Gasteiger partial charge in [0.1, 0.15) is 0 Å². The number of nitrogens with zero attached hydrogens (tertiary/aromatic N) is 1. The van der Waals surface area contributed by atoms with Crippen LogP contribution in [-0.2, 0) is 6.42 Å². The van der Waals surface area contributed by atoms with Gasteiger partial charge in [-0.25, -0.2) is 0 Å². The second-order valence-electron chi connectivity index (χ2n) is 4.63. The first-order valence-electron chi connectivity index (χ1n) is 6.51. The van der Waals surface area contributed by atoms with Crippen LogP contribution in [0, 0.1) is 11.3 Å². The van der Waals surface area contributed by atoms with Crippen LogP contribution in [0.5, 0.6) is 0 Å². The van der Waals surface area contributed by atoms with Crippen molar-refractivity contribution in [3.8, 4) is 6.07 Å². The minimum absolute atomic E-state index is 0.448. The van der Waals surface area contributed by atoms with Crippen molar-refractivity contribution in [1.29, 1.82) is 5.26 Å². The normalized spacial score (nSPS) is 11.8. The van der Waals surface area contributed by atoms with E-state index >= 15 is 0 Å². The Hall–Kier alpha value is -2.11. The van der Waals surface area contributed by atoms with Gasteiger partial charge in [-0.2, -0.15) is 5.26 Å². The lowest BCUT2D eigenvalue weighted by atomic mass is 10.0. The fraction of sp³-hybridized carbons (Fsp3) is 0.235. The first kappa shape index (κ1) is 13.3. The molecule has 0 aliphatic rings. The Morgan fingerprint density at radius 3 is 2.32 bits per heavy atom. The van der Waals surface area contributed by atoms with E-state index in [9.17, 15) is 5.11 Å². The molecule has 0 heterocycles. The monoisotopic (exact) mass is 251 g/mol. The van der Waals surface area contributed by atoms with E-state index in [2.05, 4.69) is 18.2 Å². The molecule has 0 spiro atoms. The van der Waals surface area contributed by atoms with E-state index in [4.69, 9.17) is 5.26 Å². The number of rotatable bonds is 5. The summed E-state index contributed by atoms with van der Waals surface area (Å²) in [4.78, 5) is 0. The summed E-state index contributed by atoms with van der Waals surface area (Å²) in [6.45, 7) is 0. The van der Waals surface area contributed by atoms with Gasteiger partial charge in [0.2, 0.25) is 0 Å². The lowest BCUT2D eigenvalue weighted by Gasteiger charge is -2.10. The maximum atomic E-state index is 10.1. The number of aliphatic hydroxyl groups excluding tert-OH is 1. The maximum Gasteiger partial charge on any atom is 0.0991 e. The molecule has 0 aliphatic heterocycles. The molecule has 19 heavy (non-hydrogen) atoms. The number of benzene rings is 2. The summed E-state index contributed by atoms with van der Waals surface area (Å²) in [5.74, 6) is 0.